The van der Waals surface area contributed by atoms with Crippen LogP contribution in [0.1, 0.15) is 5.01 Å². The van der Waals surface area contributed by atoms with Gasteiger partial charge in [0.25, 0.3) is 5.91 Å². The number of fused-ring (bicyclic) bond motifs is 1. The molecule has 2 amide bonds. The van der Waals surface area contributed by atoms with E-state index in [9.17, 15) is 9.59 Å². The topological polar surface area (TPSA) is 110 Å². The molecule has 3 aromatic heterocycles. The summed E-state index contributed by atoms with van der Waals surface area (Å²) in [6, 6.07) is 11.2. The second kappa shape index (κ2) is 8.44. The lowest BCUT2D eigenvalue weighted by atomic mass is 10.1. The number of pyridine rings is 1. The SMILES string of the molecule is Cc1nnc(NC(=O)CN2C(=O)COc3ccc(-c4csc(-c5ccccn5)n4)cc32)s1. The van der Waals surface area contributed by atoms with Crippen LogP contribution in [0.15, 0.2) is 48.0 Å². The van der Waals surface area contributed by atoms with Crippen molar-refractivity contribution in [1.29, 1.82) is 0 Å². The van der Waals surface area contributed by atoms with Gasteiger partial charge in [-0.15, -0.1) is 21.5 Å². The number of carbonyl (C=O) groups excluding carboxylic acids is 2. The minimum Gasteiger partial charge on any atom is -0.482 e. The van der Waals surface area contributed by atoms with Gasteiger partial charge in [0.15, 0.2) is 6.61 Å². The molecular formula is C21H16N6O3S2. The maximum Gasteiger partial charge on any atom is 0.265 e. The fourth-order valence-electron chi connectivity index (χ4n) is 3.20. The largest absolute Gasteiger partial charge is 0.482 e. The molecule has 0 radical (unpaired) electrons. The van der Waals surface area contributed by atoms with Gasteiger partial charge < -0.3 is 4.74 Å². The molecular weight excluding hydrogens is 448 g/mol. The number of benzene rings is 1. The number of aryl methyl sites for hydroxylation is 1. The highest BCUT2D eigenvalue weighted by Gasteiger charge is 2.28. The number of rotatable bonds is 5. The number of carbonyl (C=O) groups is 2. The third-order valence-corrected chi connectivity index (χ3v) is 6.28. The Morgan fingerprint density at radius 2 is 2.12 bits per heavy atom. The number of hydrogen-bond donors (Lipinski definition) is 1. The molecule has 0 atom stereocenters. The van der Waals surface area contributed by atoms with Crippen LogP contribution in [0.25, 0.3) is 22.0 Å². The molecule has 1 aliphatic heterocycles. The van der Waals surface area contributed by atoms with Crippen LogP contribution in [0.5, 0.6) is 5.75 Å². The maximum atomic E-state index is 12.6. The van der Waals surface area contributed by atoms with Crippen molar-refractivity contribution < 1.29 is 14.3 Å². The summed E-state index contributed by atoms with van der Waals surface area (Å²) < 4.78 is 5.56. The third kappa shape index (κ3) is 4.07. The number of hydrogen-bond acceptors (Lipinski definition) is 9. The molecule has 1 aromatic carbocycles. The van der Waals surface area contributed by atoms with Crippen molar-refractivity contribution in [3.63, 3.8) is 0 Å². The van der Waals surface area contributed by atoms with Crippen LogP contribution in [-0.2, 0) is 9.59 Å². The van der Waals surface area contributed by atoms with Crippen molar-refractivity contribution >= 4 is 45.3 Å². The lowest BCUT2D eigenvalue weighted by Gasteiger charge is -2.29. The summed E-state index contributed by atoms with van der Waals surface area (Å²) >= 11 is 2.76. The Labute approximate surface area is 190 Å². The molecule has 1 aliphatic rings. The number of amides is 2. The van der Waals surface area contributed by atoms with E-state index in [1.807, 2.05) is 35.7 Å². The monoisotopic (exact) mass is 464 g/mol. The van der Waals surface area contributed by atoms with E-state index in [0.29, 0.717) is 16.6 Å². The minimum atomic E-state index is -0.362. The van der Waals surface area contributed by atoms with E-state index >= 15 is 0 Å². The van der Waals surface area contributed by atoms with Crippen LogP contribution in [0.3, 0.4) is 0 Å². The molecule has 11 heteroatoms. The van der Waals surface area contributed by atoms with Gasteiger partial charge in [0.1, 0.15) is 22.3 Å². The fraction of sp³-hybridized carbons (Fsp3) is 0.143. The van der Waals surface area contributed by atoms with Gasteiger partial charge in [-0.2, -0.15) is 0 Å². The molecule has 0 unspecified atom stereocenters. The molecule has 4 aromatic rings. The van der Waals surface area contributed by atoms with Crippen molar-refractivity contribution in [1.82, 2.24) is 20.2 Å². The van der Waals surface area contributed by atoms with Gasteiger partial charge in [-0.1, -0.05) is 17.4 Å². The number of thiazole rings is 1. The Hall–Kier alpha value is -3.70. The zero-order valence-electron chi connectivity index (χ0n) is 16.8. The minimum absolute atomic E-state index is 0.127. The highest BCUT2D eigenvalue weighted by atomic mass is 32.1. The smallest absolute Gasteiger partial charge is 0.265 e. The van der Waals surface area contributed by atoms with E-state index in [2.05, 4.69) is 25.5 Å². The lowest BCUT2D eigenvalue weighted by Crippen LogP contribution is -2.43. The summed E-state index contributed by atoms with van der Waals surface area (Å²) in [5, 5.41) is 14.3. The van der Waals surface area contributed by atoms with Crippen molar-refractivity contribution in [2.45, 2.75) is 6.92 Å². The third-order valence-electron chi connectivity index (χ3n) is 4.66. The van der Waals surface area contributed by atoms with Crippen molar-refractivity contribution in [2.24, 2.45) is 0 Å². The molecule has 160 valence electrons. The van der Waals surface area contributed by atoms with Gasteiger partial charge in [0, 0.05) is 17.1 Å². The Morgan fingerprint density at radius 1 is 1.22 bits per heavy atom. The first-order chi connectivity index (χ1) is 15.6. The predicted molar refractivity (Wildman–Crippen MR) is 122 cm³/mol. The van der Waals surface area contributed by atoms with Crippen molar-refractivity contribution in [3.8, 4) is 27.7 Å². The maximum absolute atomic E-state index is 12.6. The van der Waals surface area contributed by atoms with E-state index in [4.69, 9.17) is 4.74 Å². The molecule has 0 fully saturated rings. The average molecular weight is 465 g/mol. The first-order valence-electron chi connectivity index (χ1n) is 9.61. The number of nitrogens with one attached hydrogen (secondary N) is 1. The van der Waals surface area contributed by atoms with Gasteiger partial charge in [0.05, 0.1) is 17.1 Å². The number of aromatic nitrogens is 4. The van der Waals surface area contributed by atoms with Gasteiger partial charge >= 0.3 is 0 Å². The summed E-state index contributed by atoms with van der Waals surface area (Å²) in [6.07, 6.45) is 1.73. The van der Waals surface area contributed by atoms with Gasteiger partial charge in [-0.05, 0) is 37.3 Å². The van der Waals surface area contributed by atoms with Crippen LogP contribution in [-0.4, -0.2) is 45.1 Å². The lowest BCUT2D eigenvalue weighted by molar-refractivity contribution is -0.123. The van der Waals surface area contributed by atoms with Crippen LogP contribution < -0.4 is 15.0 Å². The molecule has 0 saturated heterocycles. The molecule has 1 N–H and O–H groups in total. The standard InChI is InChI=1S/C21H16N6O3S2/c1-12-25-26-21(32-12)24-18(28)9-27-16-8-13(5-6-17(16)30-10-19(27)29)15-11-31-20(23-15)14-4-2-3-7-22-14/h2-8,11H,9-10H2,1H3,(H,24,26,28). The highest BCUT2D eigenvalue weighted by molar-refractivity contribution is 7.15. The van der Waals surface area contributed by atoms with E-state index in [0.717, 1.165) is 27.0 Å². The second-order valence-corrected chi connectivity index (χ2v) is 8.92. The molecule has 0 spiro atoms. The zero-order chi connectivity index (χ0) is 22.1. The molecule has 0 saturated carbocycles. The first kappa shape index (κ1) is 20.2. The van der Waals surface area contributed by atoms with Crippen LogP contribution in [0.4, 0.5) is 10.8 Å². The summed E-state index contributed by atoms with van der Waals surface area (Å²) in [5.74, 6) is -0.127. The van der Waals surface area contributed by atoms with E-state index in [1.165, 1.54) is 27.6 Å². The molecule has 0 aliphatic carbocycles. The Balaban J connectivity index is 1.41. The first-order valence-corrected chi connectivity index (χ1v) is 11.3. The quantitative estimate of drug-likeness (QED) is 0.482. The van der Waals surface area contributed by atoms with Crippen LogP contribution >= 0.6 is 22.7 Å². The van der Waals surface area contributed by atoms with Gasteiger partial charge in [0.2, 0.25) is 11.0 Å². The molecule has 32 heavy (non-hydrogen) atoms. The van der Waals surface area contributed by atoms with Gasteiger partial charge in [-0.3, -0.25) is 24.8 Å². The normalized spacial score (nSPS) is 12.9. The number of nitrogens with zero attached hydrogens (tertiary/aromatic N) is 5. The average Bonchev–Trinajstić information content (AvgIpc) is 3.45. The predicted octanol–water partition coefficient (Wildman–Crippen LogP) is 3.40. The van der Waals surface area contributed by atoms with Crippen LogP contribution in [0, 0.1) is 6.92 Å². The molecule has 5 rings (SSSR count). The number of ether oxygens (including phenoxy) is 1. The fourth-order valence-corrected chi connectivity index (χ4v) is 4.61. The highest BCUT2D eigenvalue weighted by Crippen LogP contribution is 2.37. The van der Waals surface area contributed by atoms with Gasteiger partial charge in [-0.25, -0.2) is 4.98 Å². The summed E-state index contributed by atoms with van der Waals surface area (Å²) in [4.78, 5) is 35.5. The zero-order valence-corrected chi connectivity index (χ0v) is 18.4. The molecule has 0 bridgehead atoms. The Bertz CT molecular complexity index is 1300. The van der Waals surface area contributed by atoms with Crippen molar-refractivity contribution in [2.75, 3.05) is 23.4 Å². The summed E-state index contributed by atoms with van der Waals surface area (Å²) in [7, 11) is 0. The molecule has 9 nitrogen and oxygen atoms in total. The Morgan fingerprint density at radius 3 is 2.91 bits per heavy atom. The van der Waals surface area contributed by atoms with E-state index in [-0.39, 0.29) is 25.0 Å². The summed E-state index contributed by atoms with van der Waals surface area (Å²) in [6.45, 7) is 1.51. The van der Waals surface area contributed by atoms with Crippen molar-refractivity contribution in [3.05, 3.63) is 53.0 Å². The van der Waals surface area contributed by atoms with Crippen LogP contribution in [0.2, 0.25) is 0 Å². The Kier molecular flexibility index (Phi) is 5.33. The summed E-state index contributed by atoms with van der Waals surface area (Å²) in [5.41, 5.74) is 2.89. The molecule has 4 heterocycles. The number of anilines is 2. The van der Waals surface area contributed by atoms with E-state index in [1.54, 1.807) is 19.2 Å². The van der Waals surface area contributed by atoms with E-state index < -0.39 is 0 Å². The second-order valence-electron chi connectivity index (χ2n) is 6.88.